The first-order valence-corrected chi connectivity index (χ1v) is 9.62. The Morgan fingerprint density at radius 3 is 2.44 bits per heavy atom. The summed E-state index contributed by atoms with van der Waals surface area (Å²) in [6, 6.07) is 6.91. The molecular formula is C19H22ClN5O2. The van der Waals surface area contributed by atoms with Crippen molar-refractivity contribution >= 4 is 23.4 Å². The van der Waals surface area contributed by atoms with E-state index in [1.165, 1.54) is 0 Å². The topological polar surface area (TPSA) is 81.3 Å². The van der Waals surface area contributed by atoms with Gasteiger partial charge in [0.15, 0.2) is 5.69 Å². The van der Waals surface area contributed by atoms with E-state index < -0.39 is 0 Å². The molecule has 1 aromatic carbocycles. The number of rotatable bonds is 2. The van der Waals surface area contributed by atoms with Crippen LogP contribution in [-0.2, 0) is 13.0 Å². The van der Waals surface area contributed by atoms with Crippen LogP contribution in [0.4, 0.5) is 0 Å². The molecule has 0 spiro atoms. The molecule has 2 aliphatic heterocycles. The molecule has 0 aliphatic carbocycles. The van der Waals surface area contributed by atoms with Crippen LogP contribution in [0.3, 0.4) is 0 Å². The third kappa shape index (κ3) is 3.70. The Morgan fingerprint density at radius 2 is 1.70 bits per heavy atom. The predicted octanol–water partition coefficient (Wildman–Crippen LogP) is 1.70. The van der Waals surface area contributed by atoms with Crippen molar-refractivity contribution in [1.29, 1.82) is 0 Å². The average Bonchev–Trinajstić information content (AvgIpc) is 2.96. The molecule has 27 heavy (non-hydrogen) atoms. The molecule has 0 radical (unpaired) electrons. The third-order valence-electron chi connectivity index (χ3n) is 5.17. The quantitative estimate of drug-likeness (QED) is 0.821. The van der Waals surface area contributed by atoms with Gasteiger partial charge in [-0.1, -0.05) is 11.6 Å². The zero-order valence-electron chi connectivity index (χ0n) is 15.0. The third-order valence-corrected chi connectivity index (χ3v) is 5.42. The first kappa shape index (κ1) is 18.0. The van der Waals surface area contributed by atoms with Crippen LogP contribution >= 0.6 is 11.6 Å². The fraction of sp³-hybridized carbons (Fsp3) is 0.421. The zero-order chi connectivity index (χ0) is 18.8. The highest BCUT2D eigenvalue weighted by Crippen LogP contribution is 2.19. The Labute approximate surface area is 162 Å². The van der Waals surface area contributed by atoms with Crippen LogP contribution < -0.4 is 5.32 Å². The highest BCUT2D eigenvalue weighted by Gasteiger charge is 2.28. The molecule has 2 aliphatic rings. The van der Waals surface area contributed by atoms with Gasteiger partial charge in [0.25, 0.3) is 11.8 Å². The lowest BCUT2D eigenvalue weighted by Crippen LogP contribution is -2.38. The summed E-state index contributed by atoms with van der Waals surface area (Å²) >= 11 is 5.90. The maximum Gasteiger partial charge on any atom is 0.274 e. The van der Waals surface area contributed by atoms with Gasteiger partial charge in [0.2, 0.25) is 0 Å². The second kappa shape index (κ2) is 7.70. The Hall–Kier alpha value is -2.38. The minimum Gasteiger partial charge on any atom is -0.337 e. The van der Waals surface area contributed by atoms with E-state index in [1.807, 2.05) is 0 Å². The molecule has 1 saturated heterocycles. The van der Waals surface area contributed by atoms with Crippen LogP contribution in [0.5, 0.6) is 0 Å². The number of carbonyl (C=O) groups is 2. The predicted molar refractivity (Wildman–Crippen MR) is 102 cm³/mol. The van der Waals surface area contributed by atoms with Gasteiger partial charge in [-0.05, 0) is 30.7 Å². The molecule has 0 atom stereocenters. The van der Waals surface area contributed by atoms with Crippen LogP contribution in [0.15, 0.2) is 24.3 Å². The number of carbonyl (C=O) groups excluding carboxylic acids is 2. The number of halogens is 1. The summed E-state index contributed by atoms with van der Waals surface area (Å²) in [4.78, 5) is 29.3. The van der Waals surface area contributed by atoms with Gasteiger partial charge in [-0.3, -0.25) is 14.7 Å². The summed E-state index contributed by atoms with van der Waals surface area (Å²) in [7, 11) is 0. The van der Waals surface area contributed by atoms with Crippen molar-refractivity contribution in [1.82, 2.24) is 25.3 Å². The maximum absolute atomic E-state index is 13.0. The number of nitrogens with zero attached hydrogens (tertiary/aromatic N) is 3. The number of nitrogens with one attached hydrogen (secondary N) is 2. The molecule has 1 fully saturated rings. The number of fused-ring (bicyclic) bond motifs is 1. The van der Waals surface area contributed by atoms with E-state index in [4.69, 9.17) is 11.6 Å². The molecular weight excluding hydrogens is 366 g/mol. The van der Waals surface area contributed by atoms with E-state index in [0.717, 1.165) is 30.6 Å². The van der Waals surface area contributed by atoms with Gasteiger partial charge in [0.1, 0.15) is 0 Å². The molecule has 7 nitrogen and oxygen atoms in total. The SMILES string of the molecule is O=C(c1ccc(Cl)cc1)N1CCCN(C(=O)c2n[nH]c3c2CNCC3)CC1. The van der Waals surface area contributed by atoms with Crippen molar-refractivity contribution in [2.45, 2.75) is 19.4 Å². The standard InChI is InChI=1S/C19H22ClN5O2/c20-14-4-2-13(3-5-14)18(26)24-8-1-9-25(11-10-24)19(27)17-15-12-21-7-6-16(15)22-23-17/h2-5,21H,1,6-12H2,(H,22,23). The molecule has 3 heterocycles. The van der Waals surface area contributed by atoms with Crippen LogP contribution in [0.25, 0.3) is 0 Å². The van der Waals surface area contributed by atoms with E-state index in [9.17, 15) is 9.59 Å². The van der Waals surface area contributed by atoms with Gasteiger partial charge in [-0.2, -0.15) is 5.10 Å². The van der Waals surface area contributed by atoms with Gasteiger partial charge < -0.3 is 15.1 Å². The number of H-pyrrole nitrogens is 1. The molecule has 8 heteroatoms. The Bertz CT molecular complexity index is 848. The van der Waals surface area contributed by atoms with Gasteiger partial charge in [-0.15, -0.1) is 0 Å². The summed E-state index contributed by atoms with van der Waals surface area (Å²) in [5.74, 6) is -0.0840. The average molecular weight is 388 g/mol. The molecule has 2 amide bonds. The number of hydrogen-bond acceptors (Lipinski definition) is 4. The van der Waals surface area contributed by atoms with Gasteiger partial charge >= 0.3 is 0 Å². The molecule has 2 aromatic rings. The number of aromatic amines is 1. The highest BCUT2D eigenvalue weighted by atomic mass is 35.5. The molecule has 142 valence electrons. The van der Waals surface area contributed by atoms with E-state index in [-0.39, 0.29) is 11.8 Å². The monoisotopic (exact) mass is 387 g/mol. The van der Waals surface area contributed by atoms with Crippen molar-refractivity contribution in [3.05, 3.63) is 51.8 Å². The smallest absolute Gasteiger partial charge is 0.274 e. The number of hydrogen-bond donors (Lipinski definition) is 2. The molecule has 0 saturated carbocycles. The van der Waals surface area contributed by atoms with Crippen molar-refractivity contribution in [3.8, 4) is 0 Å². The van der Waals surface area contributed by atoms with Crippen LogP contribution in [0.2, 0.25) is 5.02 Å². The van der Waals surface area contributed by atoms with E-state index in [2.05, 4.69) is 15.5 Å². The van der Waals surface area contributed by atoms with E-state index in [1.54, 1.807) is 34.1 Å². The minimum absolute atomic E-state index is 0.0256. The van der Waals surface area contributed by atoms with Crippen molar-refractivity contribution < 1.29 is 9.59 Å². The van der Waals surface area contributed by atoms with E-state index >= 15 is 0 Å². The van der Waals surface area contributed by atoms with Crippen LogP contribution in [0.1, 0.15) is 38.5 Å². The van der Waals surface area contributed by atoms with Crippen molar-refractivity contribution in [2.24, 2.45) is 0 Å². The molecule has 4 rings (SSSR count). The molecule has 2 N–H and O–H groups in total. The molecule has 1 aromatic heterocycles. The Morgan fingerprint density at radius 1 is 1.00 bits per heavy atom. The lowest BCUT2D eigenvalue weighted by Gasteiger charge is -2.22. The Balaban J connectivity index is 1.44. The minimum atomic E-state index is -0.0583. The maximum atomic E-state index is 13.0. The normalized spacial score (nSPS) is 17.4. The van der Waals surface area contributed by atoms with Crippen molar-refractivity contribution in [2.75, 3.05) is 32.7 Å². The molecule has 0 bridgehead atoms. The second-order valence-electron chi connectivity index (χ2n) is 6.90. The van der Waals surface area contributed by atoms with Crippen LogP contribution in [-0.4, -0.2) is 64.5 Å². The molecule has 0 unspecified atom stereocenters. The largest absolute Gasteiger partial charge is 0.337 e. The zero-order valence-corrected chi connectivity index (χ0v) is 15.8. The summed E-state index contributed by atoms with van der Waals surface area (Å²) < 4.78 is 0. The van der Waals surface area contributed by atoms with Gasteiger partial charge in [0, 0.05) is 67.5 Å². The van der Waals surface area contributed by atoms with Gasteiger partial charge in [-0.25, -0.2) is 0 Å². The summed E-state index contributed by atoms with van der Waals surface area (Å²) in [5, 5.41) is 11.2. The number of amides is 2. The van der Waals surface area contributed by atoms with Gasteiger partial charge in [0.05, 0.1) is 0 Å². The summed E-state index contributed by atoms with van der Waals surface area (Å²) in [6.45, 7) is 3.84. The number of benzene rings is 1. The fourth-order valence-corrected chi connectivity index (χ4v) is 3.78. The lowest BCUT2D eigenvalue weighted by atomic mass is 10.1. The Kier molecular flexibility index (Phi) is 5.13. The second-order valence-corrected chi connectivity index (χ2v) is 7.34. The summed E-state index contributed by atoms with van der Waals surface area (Å²) in [6.07, 6.45) is 1.61. The summed E-state index contributed by atoms with van der Waals surface area (Å²) in [5.41, 5.74) is 3.15. The van der Waals surface area contributed by atoms with Crippen LogP contribution in [0, 0.1) is 0 Å². The first-order valence-electron chi connectivity index (χ1n) is 9.24. The number of aromatic nitrogens is 2. The first-order chi connectivity index (χ1) is 13.1. The highest BCUT2D eigenvalue weighted by molar-refractivity contribution is 6.30. The lowest BCUT2D eigenvalue weighted by molar-refractivity contribution is 0.0715. The van der Waals surface area contributed by atoms with E-state index in [0.29, 0.717) is 49.0 Å². The van der Waals surface area contributed by atoms with Crippen molar-refractivity contribution in [3.63, 3.8) is 0 Å². The fourth-order valence-electron chi connectivity index (χ4n) is 3.65.